The van der Waals surface area contributed by atoms with Gasteiger partial charge in [-0.05, 0) is 57.6 Å². The zero-order valence-electron chi connectivity index (χ0n) is 11.8. The molecule has 1 atom stereocenters. The van der Waals surface area contributed by atoms with Gasteiger partial charge in [0, 0.05) is 19.6 Å². The van der Waals surface area contributed by atoms with Gasteiger partial charge >= 0.3 is 0 Å². The fraction of sp³-hybridized carbons (Fsp3) is 0.286. The molecule has 7 heteroatoms. The van der Waals surface area contributed by atoms with Crippen molar-refractivity contribution in [3.63, 3.8) is 0 Å². The summed E-state index contributed by atoms with van der Waals surface area (Å²) in [6.45, 7) is 2.17. The molecule has 0 spiro atoms. The molecule has 0 fully saturated rings. The van der Waals surface area contributed by atoms with Crippen LogP contribution in [0.4, 0.5) is 0 Å². The lowest BCUT2D eigenvalue weighted by atomic mass is 10.1. The summed E-state index contributed by atoms with van der Waals surface area (Å²) in [5, 5.41) is 1.94. The highest BCUT2D eigenvalue weighted by Crippen LogP contribution is 2.24. The third-order valence-electron chi connectivity index (χ3n) is 3.12. The summed E-state index contributed by atoms with van der Waals surface area (Å²) in [7, 11) is -1.93. The number of halogens is 1. The third kappa shape index (κ3) is 3.92. The highest BCUT2D eigenvalue weighted by molar-refractivity contribution is 9.11. The highest BCUT2D eigenvalue weighted by Gasteiger charge is 2.21. The summed E-state index contributed by atoms with van der Waals surface area (Å²) < 4.78 is 27.5. The van der Waals surface area contributed by atoms with Crippen LogP contribution in [0.3, 0.4) is 0 Å². The van der Waals surface area contributed by atoms with Crippen LogP contribution in [0.1, 0.15) is 24.1 Å². The molecule has 1 aromatic carbocycles. The van der Waals surface area contributed by atoms with Gasteiger partial charge in [-0.25, -0.2) is 8.42 Å². The van der Waals surface area contributed by atoms with Crippen LogP contribution in [-0.4, -0.2) is 19.8 Å². The van der Waals surface area contributed by atoms with E-state index in [-0.39, 0.29) is 10.9 Å². The Bertz CT molecular complexity index is 726. The molecular formula is C14H17BrN2O2S2. The standard InChI is InChI=1S/C14H17BrN2O2S2/c1-10(16)12-4-3-5-13(7-12)21(18,19)17(2)8-11-6-14(15)20-9-11/h3-7,9-10H,8,16H2,1-2H3. The molecule has 2 aromatic rings. The predicted octanol–water partition coefficient (Wildman–Crippen LogP) is 3.35. The molecule has 0 amide bonds. The molecule has 0 saturated heterocycles. The van der Waals surface area contributed by atoms with E-state index in [4.69, 9.17) is 5.73 Å². The molecule has 1 aromatic heterocycles. The molecule has 2 rings (SSSR count). The summed E-state index contributed by atoms with van der Waals surface area (Å²) in [6.07, 6.45) is 0. The van der Waals surface area contributed by atoms with Gasteiger partial charge in [-0.2, -0.15) is 4.31 Å². The average Bonchev–Trinajstić information content (AvgIpc) is 2.84. The Kier molecular flexibility index (Phi) is 5.21. The third-order valence-corrected chi connectivity index (χ3v) is 6.47. The first kappa shape index (κ1) is 16.6. The minimum absolute atomic E-state index is 0.196. The summed E-state index contributed by atoms with van der Waals surface area (Å²) >= 11 is 4.92. The van der Waals surface area contributed by atoms with Crippen LogP contribution in [0.15, 0.2) is 44.4 Å². The van der Waals surface area contributed by atoms with E-state index < -0.39 is 10.0 Å². The molecule has 21 heavy (non-hydrogen) atoms. The molecule has 0 aliphatic rings. The van der Waals surface area contributed by atoms with Crippen molar-refractivity contribution in [1.82, 2.24) is 4.31 Å². The van der Waals surface area contributed by atoms with Crippen molar-refractivity contribution in [1.29, 1.82) is 0 Å². The lowest BCUT2D eigenvalue weighted by Crippen LogP contribution is -2.26. The van der Waals surface area contributed by atoms with Gasteiger partial charge in [-0.3, -0.25) is 0 Å². The van der Waals surface area contributed by atoms with Crippen molar-refractivity contribution in [3.8, 4) is 0 Å². The summed E-state index contributed by atoms with van der Waals surface area (Å²) in [5.41, 5.74) is 7.58. The number of hydrogen-bond donors (Lipinski definition) is 1. The van der Waals surface area contributed by atoms with Crippen LogP contribution < -0.4 is 5.73 Å². The number of nitrogens with two attached hydrogens (primary N) is 1. The quantitative estimate of drug-likeness (QED) is 0.853. The topological polar surface area (TPSA) is 63.4 Å². The number of benzene rings is 1. The Morgan fingerprint density at radius 2 is 2.10 bits per heavy atom. The molecule has 114 valence electrons. The van der Waals surface area contributed by atoms with Gasteiger partial charge in [0.25, 0.3) is 0 Å². The maximum atomic E-state index is 12.6. The number of thiophene rings is 1. The minimum Gasteiger partial charge on any atom is -0.324 e. The molecule has 0 aliphatic carbocycles. The molecule has 2 N–H and O–H groups in total. The Balaban J connectivity index is 2.26. The van der Waals surface area contributed by atoms with Crippen molar-refractivity contribution in [2.45, 2.75) is 24.4 Å². The van der Waals surface area contributed by atoms with E-state index in [2.05, 4.69) is 15.9 Å². The molecule has 0 radical (unpaired) electrons. The lowest BCUT2D eigenvalue weighted by Gasteiger charge is -2.17. The summed E-state index contributed by atoms with van der Waals surface area (Å²) in [5.74, 6) is 0. The number of hydrogen-bond acceptors (Lipinski definition) is 4. The van der Waals surface area contributed by atoms with Crippen LogP contribution in [0, 0.1) is 0 Å². The maximum absolute atomic E-state index is 12.6. The number of rotatable bonds is 5. The van der Waals surface area contributed by atoms with E-state index in [0.29, 0.717) is 6.54 Å². The molecule has 0 saturated carbocycles. The van der Waals surface area contributed by atoms with E-state index in [1.165, 1.54) is 15.6 Å². The normalized spacial score (nSPS) is 13.6. The highest BCUT2D eigenvalue weighted by atomic mass is 79.9. The minimum atomic E-state index is -3.52. The first-order valence-electron chi connectivity index (χ1n) is 6.35. The molecule has 4 nitrogen and oxygen atoms in total. The second kappa shape index (κ2) is 6.58. The molecule has 0 bridgehead atoms. The van der Waals surface area contributed by atoms with Crippen molar-refractivity contribution in [2.75, 3.05) is 7.05 Å². The van der Waals surface area contributed by atoms with Gasteiger partial charge in [0.05, 0.1) is 8.68 Å². The Morgan fingerprint density at radius 1 is 1.38 bits per heavy atom. The first-order chi connectivity index (χ1) is 9.80. The smallest absolute Gasteiger partial charge is 0.243 e. The van der Waals surface area contributed by atoms with Gasteiger partial charge < -0.3 is 5.73 Å². The van der Waals surface area contributed by atoms with Gasteiger partial charge in [0.2, 0.25) is 10.0 Å². The second-order valence-electron chi connectivity index (χ2n) is 4.88. The monoisotopic (exact) mass is 388 g/mol. The van der Waals surface area contributed by atoms with Crippen LogP contribution in [0.5, 0.6) is 0 Å². The largest absolute Gasteiger partial charge is 0.324 e. The van der Waals surface area contributed by atoms with E-state index in [1.54, 1.807) is 25.2 Å². The maximum Gasteiger partial charge on any atom is 0.243 e. The van der Waals surface area contributed by atoms with Crippen LogP contribution in [0.2, 0.25) is 0 Å². The van der Waals surface area contributed by atoms with Crippen molar-refractivity contribution in [3.05, 3.63) is 50.6 Å². The van der Waals surface area contributed by atoms with Gasteiger partial charge in [0.15, 0.2) is 0 Å². The predicted molar refractivity (Wildman–Crippen MR) is 89.7 cm³/mol. The van der Waals surface area contributed by atoms with Gasteiger partial charge in [0.1, 0.15) is 0 Å². The average molecular weight is 389 g/mol. The molecule has 1 unspecified atom stereocenters. The Hall–Kier alpha value is -0.730. The van der Waals surface area contributed by atoms with Crippen LogP contribution >= 0.6 is 27.3 Å². The van der Waals surface area contributed by atoms with E-state index in [9.17, 15) is 8.42 Å². The fourth-order valence-electron chi connectivity index (χ4n) is 1.91. The van der Waals surface area contributed by atoms with Crippen molar-refractivity contribution in [2.24, 2.45) is 5.73 Å². The van der Waals surface area contributed by atoms with E-state index in [1.807, 2.05) is 24.4 Å². The van der Waals surface area contributed by atoms with Crippen LogP contribution in [-0.2, 0) is 16.6 Å². The second-order valence-corrected chi connectivity index (χ2v) is 9.22. The molecular weight excluding hydrogens is 372 g/mol. The number of nitrogens with zero attached hydrogens (tertiary/aromatic N) is 1. The molecule has 0 aliphatic heterocycles. The first-order valence-corrected chi connectivity index (χ1v) is 9.47. The fourth-order valence-corrected chi connectivity index (χ4v) is 4.32. The van der Waals surface area contributed by atoms with Crippen molar-refractivity contribution >= 4 is 37.3 Å². The van der Waals surface area contributed by atoms with Crippen molar-refractivity contribution < 1.29 is 8.42 Å². The zero-order chi connectivity index (χ0) is 15.6. The zero-order valence-corrected chi connectivity index (χ0v) is 15.0. The Labute approximate surface area is 137 Å². The lowest BCUT2D eigenvalue weighted by molar-refractivity contribution is 0.467. The molecule has 1 heterocycles. The Morgan fingerprint density at radius 3 is 2.67 bits per heavy atom. The van der Waals surface area contributed by atoms with E-state index >= 15 is 0 Å². The number of sulfonamides is 1. The van der Waals surface area contributed by atoms with Crippen LogP contribution in [0.25, 0.3) is 0 Å². The SMILES string of the molecule is CC(N)c1cccc(S(=O)(=O)N(C)Cc2csc(Br)c2)c1. The van der Waals surface area contributed by atoms with Gasteiger partial charge in [-0.15, -0.1) is 11.3 Å². The summed E-state index contributed by atoms with van der Waals surface area (Å²) in [6, 6.07) is 8.52. The van der Waals surface area contributed by atoms with E-state index in [0.717, 1.165) is 14.9 Å². The van der Waals surface area contributed by atoms with Gasteiger partial charge in [-0.1, -0.05) is 12.1 Å². The summed E-state index contributed by atoms with van der Waals surface area (Å²) in [4.78, 5) is 0.272.